The summed E-state index contributed by atoms with van der Waals surface area (Å²) in [4.78, 5) is 9.55. The maximum atomic E-state index is 12.5. The summed E-state index contributed by atoms with van der Waals surface area (Å²) in [6, 6.07) is 5.13. The monoisotopic (exact) mass is 167 g/mol. The highest BCUT2D eigenvalue weighted by molar-refractivity contribution is 5.55. The molecule has 1 aromatic carbocycles. The van der Waals surface area contributed by atoms with E-state index in [1.165, 1.54) is 18.2 Å². The molecule has 1 rings (SSSR count). The lowest BCUT2D eigenvalue weighted by Crippen LogP contribution is -1.95. The van der Waals surface area contributed by atoms with Gasteiger partial charge >= 0.3 is 0 Å². The van der Waals surface area contributed by atoms with Crippen LogP contribution >= 0.6 is 0 Å². The number of hydrogen-bond acceptors (Lipinski definition) is 2. The molecule has 0 amide bonds. The van der Waals surface area contributed by atoms with Crippen LogP contribution in [0.3, 0.4) is 0 Å². The molecule has 0 spiro atoms. The molecular weight excluding hydrogens is 161 g/mol. The van der Waals surface area contributed by atoms with Crippen molar-refractivity contribution >= 4 is 5.70 Å². The van der Waals surface area contributed by atoms with E-state index < -0.39 is 10.7 Å². The lowest BCUT2D eigenvalue weighted by Gasteiger charge is -1.95. The van der Waals surface area contributed by atoms with E-state index in [-0.39, 0.29) is 11.3 Å². The molecule has 0 saturated heterocycles. The second kappa shape index (κ2) is 3.13. The molecule has 62 valence electrons. The largest absolute Gasteiger partial charge is 0.269 e. The molecule has 0 aromatic heterocycles. The fourth-order valence-corrected chi connectivity index (χ4v) is 0.773. The Morgan fingerprint density at radius 3 is 2.75 bits per heavy atom. The minimum Gasteiger partial charge on any atom is -0.258 e. The number of nitro groups is 1. The normalized spacial score (nSPS) is 9.42. The third kappa shape index (κ3) is 1.66. The SMILES string of the molecule is C=C(c1cccc(F)c1)[N+](=O)[O-]. The first-order chi connectivity index (χ1) is 5.61. The number of rotatable bonds is 2. The van der Waals surface area contributed by atoms with Gasteiger partial charge in [0, 0.05) is 0 Å². The van der Waals surface area contributed by atoms with Crippen LogP contribution in [0.2, 0.25) is 0 Å². The van der Waals surface area contributed by atoms with Gasteiger partial charge in [-0.05, 0) is 24.8 Å². The molecule has 0 N–H and O–H groups in total. The van der Waals surface area contributed by atoms with E-state index >= 15 is 0 Å². The summed E-state index contributed by atoms with van der Waals surface area (Å²) in [5.41, 5.74) is -0.102. The molecule has 0 saturated carbocycles. The van der Waals surface area contributed by atoms with Gasteiger partial charge in [-0.2, -0.15) is 0 Å². The van der Waals surface area contributed by atoms with E-state index in [0.29, 0.717) is 0 Å². The van der Waals surface area contributed by atoms with E-state index in [4.69, 9.17) is 0 Å². The molecule has 12 heavy (non-hydrogen) atoms. The Labute approximate surface area is 68.3 Å². The van der Waals surface area contributed by atoms with Gasteiger partial charge in [0.25, 0.3) is 5.70 Å². The van der Waals surface area contributed by atoms with Crippen molar-refractivity contribution in [2.75, 3.05) is 0 Å². The molecule has 0 fully saturated rings. The highest BCUT2D eigenvalue weighted by Crippen LogP contribution is 2.13. The van der Waals surface area contributed by atoms with Crippen molar-refractivity contribution < 1.29 is 9.31 Å². The van der Waals surface area contributed by atoms with Crippen molar-refractivity contribution in [3.8, 4) is 0 Å². The lowest BCUT2D eigenvalue weighted by atomic mass is 10.2. The van der Waals surface area contributed by atoms with E-state index in [2.05, 4.69) is 6.58 Å². The van der Waals surface area contributed by atoms with Crippen LogP contribution in [-0.4, -0.2) is 4.92 Å². The summed E-state index contributed by atoms with van der Waals surface area (Å²) in [7, 11) is 0. The lowest BCUT2D eigenvalue weighted by molar-refractivity contribution is -0.375. The van der Waals surface area contributed by atoms with Crippen LogP contribution in [0.4, 0.5) is 4.39 Å². The quantitative estimate of drug-likeness (QED) is 0.499. The molecular formula is C8H6FNO2. The molecule has 0 aliphatic rings. The highest BCUT2D eigenvalue weighted by atomic mass is 19.1. The minimum atomic E-state index is -0.644. The molecule has 3 nitrogen and oxygen atoms in total. The Kier molecular flexibility index (Phi) is 2.19. The zero-order valence-electron chi connectivity index (χ0n) is 6.16. The number of nitrogens with zero attached hydrogens (tertiary/aromatic N) is 1. The first kappa shape index (κ1) is 8.39. The van der Waals surface area contributed by atoms with Crippen LogP contribution in [0, 0.1) is 15.9 Å². The van der Waals surface area contributed by atoms with Crippen LogP contribution in [0.25, 0.3) is 5.70 Å². The Morgan fingerprint density at radius 1 is 1.58 bits per heavy atom. The van der Waals surface area contributed by atoms with Crippen LogP contribution in [0.5, 0.6) is 0 Å². The summed E-state index contributed by atoms with van der Waals surface area (Å²) in [5.74, 6) is -0.504. The van der Waals surface area contributed by atoms with Crippen molar-refractivity contribution in [1.29, 1.82) is 0 Å². The van der Waals surface area contributed by atoms with Gasteiger partial charge in [0.1, 0.15) is 5.82 Å². The maximum Gasteiger partial charge on any atom is 0.269 e. The Bertz CT molecular complexity index is 336. The highest BCUT2D eigenvalue weighted by Gasteiger charge is 2.09. The third-order valence-electron chi connectivity index (χ3n) is 1.38. The average Bonchev–Trinajstić information content (AvgIpc) is 2.03. The standard InChI is InChI=1S/C8H6FNO2/c1-6(10(11)12)7-3-2-4-8(9)5-7/h2-5H,1H2. The second-order valence-corrected chi connectivity index (χ2v) is 2.21. The number of benzene rings is 1. The van der Waals surface area contributed by atoms with Crippen LogP contribution in [0.1, 0.15) is 5.56 Å². The predicted octanol–water partition coefficient (Wildman–Crippen LogP) is 2.07. The van der Waals surface area contributed by atoms with Crippen LogP contribution in [-0.2, 0) is 0 Å². The Hall–Kier alpha value is -1.71. The van der Waals surface area contributed by atoms with Crippen molar-refractivity contribution in [3.63, 3.8) is 0 Å². The fourth-order valence-electron chi connectivity index (χ4n) is 0.773. The first-order valence-electron chi connectivity index (χ1n) is 3.20. The summed E-state index contributed by atoms with van der Waals surface area (Å²) in [6.07, 6.45) is 0. The summed E-state index contributed by atoms with van der Waals surface area (Å²) >= 11 is 0. The van der Waals surface area contributed by atoms with Gasteiger partial charge in [-0.3, -0.25) is 10.1 Å². The second-order valence-electron chi connectivity index (χ2n) is 2.21. The summed E-state index contributed by atoms with van der Waals surface area (Å²) < 4.78 is 12.5. The van der Waals surface area contributed by atoms with Gasteiger partial charge in [0.15, 0.2) is 0 Å². The van der Waals surface area contributed by atoms with Gasteiger partial charge in [0.2, 0.25) is 0 Å². The van der Waals surface area contributed by atoms with E-state index in [1.54, 1.807) is 0 Å². The molecule has 0 heterocycles. The summed E-state index contributed by atoms with van der Waals surface area (Å²) in [5, 5.41) is 10.2. The van der Waals surface area contributed by atoms with Gasteiger partial charge in [-0.15, -0.1) is 0 Å². The number of hydrogen-bond donors (Lipinski definition) is 0. The molecule has 4 heteroatoms. The Balaban J connectivity index is 3.04. The minimum absolute atomic E-state index is 0.194. The van der Waals surface area contributed by atoms with E-state index in [0.717, 1.165) is 6.07 Å². The zero-order valence-corrected chi connectivity index (χ0v) is 6.16. The van der Waals surface area contributed by atoms with Crippen molar-refractivity contribution in [2.24, 2.45) is 0 Å². The molecule has 0 aliphatic heterocycles. The van der Waals surface area contributed by atoms with Gasteiger partial charge in [-0.1, -0.05) is 6.07 Å². The molecule has 1 aromatic rings. The third-order valence-corrected chi connectivity index (χ3v) is 1.38. The fraction of sp³-hybridized carbons (Fsp3) is 0. The topological polar surface area (TPSA) is 43.1 Å². The summed E-state index contributed by atoms with van der Waals surface area (Å²) in [6.45, 7) is 3.20. The molecule has 0 unspecified atom stereocenters. The molecule has 0 aliphatic carbocycles. The molecule has 0 bridgehead atoms. The zero-order chi connectivity index (χ0) is 9.14. The smallest absolute Gasteiger partial charge is 0.258 e. The maximum absolute atomic E-state index is 12.5. The first-order valence-corrected chi connectivity index (χ1v) is 3.20. The van der Waals surface area contributed by atoms with Gasteiger partial charge < -0.3 is 0 Å². The van der Waals surface area contributed by atoms with Crippen molar-refractivity contribution in [3.05, 3.63) is 52.3 Å². The van der Waals surface area contributed by atoms with Gasteiger partial charge in [-0.25, -0.2) is 4.39 Å². The number of halogens is 1. The predicted molar refractivity (Wildman–Crippen MR) is 42.4 cm³/mol. The van der Waals surface area contributed by atoms with E-state index in [1.807, 2.05) is 0 Å². The van der Waals surface area contributed by atoms with Crippen molar-refractivity contribution in [2.45, 2.75) is 0 Å². The molecule has 0 atom stereocenters. The van der Waals surface area contributed by atoms with Crippen molar-refractivity contribution in [1.82, 2.24) is 0 Å². The average molecular weight is 167 g/mol. The van der Waals surface area contributed by atoms with E-state index in [9.17, 15) is 14.5 Å². The molecule has 0 radical (unpaired) electrons. The van der Waals surface area contributed by atoms with Crippen LogP contribution in [0.15, 0.2) is 30.8 Å². The Morgan fingerprint density at radius 2 is 2.25 bits per heavy atom. The van der Waals surface area contributed by atoms with Gasteiger partial charge in [0.05, 0.1) is 10.5 Å². The van der Waals surface area contributed by atoms with Crippen LogP contribution < -0.4 is 0 Å².